The quantitative estimate of drug-likeness (QED) is 0.164. The molecule has 0 spiro atoms. The molecule has 0 fully saturated rings. The number of nitrogens with two attached hydrogens (primary N) is 1. The number of anilines is 1. The van der Waals surface area contributed by atoms with E-state index in [9.17, 15) is 22.8 Å². The highest BCUT2D eigenvalue weighted by Gasteiger charge is 2.26. The molecule has 2 aromatic heterocycles. The standard InChI is InChI=1S/C30H32F3N5O3S2/c1-29(2,3)41-28(40)37-27-36-21(17-43-27)14-25(39)35-15-18-8-9-22-23(19-6-4-7-20(13-19)26(34)42)16-38(24(22)12-18)11-5-10-30(31,32)33/h4,6-9,12-13,16-17H,5,10-11,14-15H2,1-3H3,(H2,34,42)(H,35,39)(H,36,37,40). The van der Waals surface area contributed by atoms with Crippen LogP contribution >= 0.6 is 23.6 Å². The largest absolute Gasteiger partial charge is 0.444 e. The van der Waals surface area contributed by atoms with Crippen LogP contribution in [-0.2, 0) is 29.0 Å². The Morgan fingerprint density at radius 3 is 2.60 bits per heavy atom. The number of ether oxygens (including phenoxy) is 1. The first-order valence-corrected chi connectivity index (χ1v) is 14.8. The van der Waals surface area contributed by atoms with E-state index in [1.54, 1.807) is 32.2 Å². The van der Waals surface area contributed by atoms with Crippen molar-refractivity contribution in [3.05, 3.63) is 70.9 Å². The molecule has 0 saturated heterocycles. The van der Waals surface area contributed by atoms with Gasteiger partial charge in [-0.15, -0.1) is 11.3 Å². The van der Waals surface area contributed by atoms with E-state index in [4.69, 9.17) is 22.7 Å². The number of benzene rings is 2. The molecule has 4 N–H and O–H groups in total. The Kier molecular flexibility index (Phi) is 9.75. The summed E-state index contributed by atoms with van der Waals surface area (Å²) < 4.78 is 45.6. The fourth-order valence-electron chi connectivity index (χ4n) is 4.42. The molecule has 0 aliphatic rings. The van der Waals surface area contributed by atoms with Crippen LogP contribution in [0.5, 0.6) is 0 Å². The van der Waals surface area contributed by atoms with Gasteiger partial charge >= 0.3 is 12.3 Å². The zero-order valence-corrected chi connectivity index (χ0v) is 25.5. The van der Waals surface area contributed by atoms with Gasteiger partial charge in [0.15, 0.2) is 5.13 Å². The Balaban J connectivity index is 1.47. The van der Waals surface area contributed by atoms with Crippen LogP contribution < -0.4 is 16.4 Å². The predicted octanol–water partition coefficient (Wildman–Crippen LogP) is 6.95. The average molecular weight is 632 g/mol. The fourth-order valence-corrected chi connectivity index (χ4v) is 5.24. The molecule has 0 atom stereocenters. The lowest BCUT2D eigenvalue weighted by Crippen LogP contribution is -2.27. The summed E-state index contributed by atoms with van der Waals surface area (Å²) >= 11 is 6.30. The first-order valence-electron chi connectivity index (χ1n) is 13.5. The van der Waals surface area contributed by atoms with Crippen LogP contribution in [0.15, 0.2) is 54.0 Å². The molecule has 2 amide bonds. The number of nitrogens with one attached hydrogen (secondary N) is 2. The predicted molar refractivity (Wildman–Crippen MR) is 166 cm³/mol. The summed E-state index contributed by atoms with van der Waals surface area (Å²) in [5.41, 5.74) is 9.57. The number of hydrogen-bond donors (Lipinski definition) is 3. The van der Waals surface area contributed by atoms with Gasteiger partial charge in [-0.05, 0) is 50.5 Å². The lowest BCUT2D eigenvalue weighted by atomic mass is 10.0. The number of alkyl halides is 3. The van der Waals surface area contributed by atoms with E-state index in [1.165, 1.54) is 11.3 Å². The summed E-state index contributed by atoms with van der Waals surface area (Å²) in [6.45, 7) is 5.64. The van der Waals surface area contributed by atoms with Gasteiger partial charge in [0.1, 0.15) is 10.6 Å². The van der Waals surface area contributed by atoms with Gasteiger partial charge in [0.25, 0.3) is 0 Å². The number of carbonyl (C=O) groups excluding carboxylic acids is 2. The van der Waals surface area contributed by atoms with Gasteiger partial charge in [0, 0.05) is 53.1 Å². The normalized spacial score (nSPS) is 11.9. The zero-order valence-electron chi connectivity index (χ0n) is 23.9. The minimum Gasteiger partial charge on any atom is -0.444 e. The van der Waals surface area contributed by atoms with Crippen molar-refractivity contribution in [3.8, 4) is 11.1 Å². The van der Waals surface area contributed by atoms with Crippen LogP contribution in [0, 0.1) is 0 Å². The van der Waals surface area contributed by atoms with Gasteiger partial charge in [-0.1, -0.05) is 42.5 Å². The molecule has 0 unspecified atom stereocenters. The van der Waals surface area contributed by atoms with Crippen molar-refractivity contribution in [1.29, 1.82) is 0 Å². The van der Waals surface area contributed by atoms with Gasteiger partial charge in [-0.3, -0.25) is 10.1 Å². The van der Waals surface area contributed by atoms with E-state index >= 15 is 0 Å². The third-order valence-corrected chi connectivity index (χ3v) is 7.30. The molecule has 13 heteroatoms. The summed E-state index contributed by atoms with van der Waals surface area (Å²) in [4.78, 5) is 29.1. The highest BCUT2D eigenvalue weighted by atomic mass is 32.1. The molecule has 0 saturated carbocycles. The van der Waals surface area contributed by atoms with Gasteiger partial charge in [0.2, 0.25) is 5.91 Å². The van der Waals surface area contributed by atoms with Crippen molar-refractivity contribution >= 4 is 56.6 Å². The van der Waals surface area contributed by atoms with Crippen molar-refractivity contribution < 1.29 is 27.5 Å². The second kappa shape index (κ2) is 13.1. The van der Waals surface area contributed by atoms with Crippen molar-refractivity contribution in [3.63, 3.8) is 0 Å². The number of rotatable bonds is 10. The number of hydrogen-bond acceptors (Lipinski definition) is 6. The van der Waals surface area contributed by atoms with E-state index < -0.39 is 24.3 Å². The number of halogens is 3. The Morgan fingerprint density at radius 1 is 1.14 bits per heavy atom. The molecule has 228 valence electrons. The maximum absolute atomic E-state index is 12.9. The molecule has 4 aromatic rings. The maximum Gasteiger partial charge on any atom is 0.413 e. The third kappa shape index (κ3) is 9.26. The number of fused-ring (bicyclic) bond motifs is 1. The topological polar surface area (TPSA) is 111 Å². The van der Waals surface area contributed by atoms with Crippen molar-refractivity contribution in [2.24, 2.45) is 5.73 Å². The number of thiocarbonyl (C=S) groups is 1. The summed E-state index contributed by atoms with van der Waals surface area (Å²) in [6.07, 6.45) is -3.98. The molecular formula is C30H32F3N5O3S2. The van der Waals surface area contributed by atoms with Crippen LogP contribution in [0.3, 0.4) is 0 Å². The summed E-state index contributed by atoms with van der Waals surface area (Å²) in [6, 6.07) is 13.0. The smallest absolute Gasteiger partial charge is 0.413 e. The first kappa shape index (κ1) is 32.0. The average Bonchev–Trinajstić information content (AvgIpc) is 3.49. The zero-order chi connectivity index (χ0) is 31.4. The van der Waals surface area contributed by atoms with Crippen molar-refractivity contribution in [1.82, 2.24) is 14.9 Å². The van der Waals surface area contributed by atoms with E-state index in [2.05, 4.69) is 15.6 Å². The molecule has 2 aromatic carbocycles. The minimum absolute atomic E-state index is 0.00601. The van der Waals surface area contributed by atoms with Gasteiger partial charge in [-0.25, -0.2) is 9.78 Å². The van der Waals surface area contributed by atoms with E-state index in [0.717, 1.165) is 27.6 Å². The number of aromatic nitrogens is 2. The number of thiazole rings is 1. The number of carbonyl (C=O) groups is 2. The van der Waals surface area contributed by atoms with Crippen LogP contribution in [0.25, 0.3) is 22.0 Å². The lowest BCUT2D eigenvalue weighted by molar-refractivity contribution is -0.135. The molecule has 0 aliphatic heterocycles. The second-order valence-electron chi connectivity index (χ2n) is 11.0. The van der Waals surface area contributed by atoms with Crippen molar-refractivity contribution in [2.75, 3.05) is 5.32 Å². The molecular weight excluding hydrogens is 599 g/mol. The highest BCUT2D eigenvalue weighted by Crippen LogP contribution is 2.33. The second-order valence-corrected chi connectivity index (χ2v) is 12.3. The van der Waals surface area contributed by atoms with E-state index in [-0.39, 0.29) is 36.8 Å². The lowest BCUT2D eigenvalue weighted by Gasteiger charge is -2.18. The summed E-state index contributed by atoms with van der Waals surface area (Å²) in [5.74, 6) is -0.273. The maximum atomic E-state index is 12.9. The van der Waals surface area contributed by atoms with Crippen LogP contribution in [0.1, 0.15) is 50.4 Å². The number of amides is 2. The Labute approximate surface area is 256 Å². The number of nitrogens with zero attached hydrogens (tertiary/aromatic N) is 2. The molecule has 0 aliphatic carbocycles. The molecule has 4 rings (SSSR count). The highest BCUT2D eigenvalue weighted by molar-refractivity contribution is 7.80. The van der Waals surface area contributed by atoms with E-state index in [0.29, 0.717) is 16.4 Å². The SMILES string of the molecule is CC(C)(C)OC(=O)Nc1nc(CC(=O)NCc2ccc3c(-c4cccc(C(N)=S)c4)cn(CCCC(F)(F)F)c3c2)cs1. The summed E-state index contributed by atoms with van der Waals surface area (Å²) in [5, 5.41) is 8.28. The number of aryl methyl sites for hydroxylation is 1. The fraction of sp³-hybridized carbons (Fsp3) is 0.333. The van der Waals surface area contributed by atoms with Crippen LogP contribution in [0.2, 0.25) is 0 Å². The minimum atomic E-state index is -4.24. The van der Waals surface area contributed by atoms with Gasteiger partial charge in [0.05, 0.1) is 12.1 Å². The summed E-state index contributed by atoms with van der Waals surface area (Å²) in [7, 11) is 0. The molecule has 0 radical (unpaired) electrons. The van der Waals surface area contributed by atoms with E-state index in [1.807, 2.05) is 47.2 Å². The van der Waals surface area contributed by atoms with Gasteiger partial charge < -0.3 is 20.4 Å². The Morgan fingerprint density at radius 2 is 1.91 bits per heavy atom. The molecule has 43 heavy (non-hydrogen) atoms. The Hall–Kier alpha value is -3.97. The van der Waals surface area contributed by atoms with Crippen molar-refractivity contribution in [2.45, 2.75) is 64.9 Å². The first-order chi connectivity index (χ1) is 20.2. The molecule has 8 nitrogen and oxygen atoms in total. The Bertz CT molecular complexity index is 1640. The monoisotopic (exact) mass is 631 g/mol. The van der Waals surface area contributed by atoms with Crippen LogP contribution in [-0.4, -0.2) is 38.3 Å². The third-order valence-electron chi connectivity index (χ3n) is 6.26. The van der Waals surface area contributed by atoms with Crippen LogP contribution in [0.4, 0.5) is 23.1 Å². The van der Waals surface area contributed by atoms with Gasteiger partial charge in [-0.2, -0.15) is 13.2 Å². The molecule has 0 bridgehead atoms. The molecule has 2 heterocycles.